The van der Waals surface area contributed by atoms with Gasteiger partial charge in [-0.25, -0.2) is 4.68 Å². The first kappa shape index (κ1) is 25.5. The molecule has 0 saturated heterocycles. The van der Waals surface area contributed by atoms with Crippen molar-refractivity contribution in [3.63, 3.8) is 0 Å². The predicted molar refractivity (Wildman–Crippen MR) is 144 cm³/mol. The first-order chi connectivity index (χ1) is 17.5. The Morgan fingerprint density at radius 1 is 1.00 bits per heavy atom. The second-order valence-corrected chi connectivity index (χ2v) is 9.16. The number of anilines is 1. The Morgan fingerprint density at radius 3 is 2.42 bits per heavy atom. The van der Waals surface area contributed by atoms with Gasteiger partial charge in [0.1, 0.15) is 17.5 Å². The van der Waals surface area contributed by atoms with Crippen LogP contribution in [-0.4, -0.2) is 28.7 Å². The van der Waals surface area contributed by atoms with Crippen LogP contribution in [0.3, 0.4) is 0 Å². The number of carbonyl (C=O) groups is 1. The lowest BCUT2D eigenvalue weighted by atomic mass is 10.0. The van der Waals surface area contributed by atoms with E-state index >= 15 is 0 Å². The van der Waals surface area contributed by atoms with E-state index in [-0.39, 0.29) is 17.0 Å². The van der Waals surface area contributed by atoms with E-state index in [2.05, 4.69) is 21.8 Å². The van der Waals surface area contributed by atoms with E-state index in [0.29, 0.717) is 35.2 Å². The lowest BCUT2D eigenvalue weighted by Gasteiger charge is -2.11. The van der Waals surface area contributed by atoms with Crippen LogP contribution in [-0.2, 0) is 6.54 Å². The highest BCUT2D eigenvalue weighted by atomic mass is 35.5. The molecule has 0 aliphatic carbocycles. The van der Waals surface area contributed by atoms with Gasteiger partial charge in [0.15, 0.2) is 5.69 Å². The molecule has 0 radical (unpaired) electrons. The molecule has 4 aromatic rings. The van der Waals surface area contributed by atoms with Crippen LogP contribution in [0.2, 0.25) is 10.0 Å². The molecular formula is C28H25Cl2N5O. The molecule has 8 heteroatoms. The molecule has 0 amide bonds. The maximum Gasteiger partial charge on any atom is 0.214 e. The maximum absolute atomic E-state index is 13.3. The lowest BCUT2D eigenvalue weighted by Crippen LogP contribution is -2.18. The molecule has 6 nitrogen and oxygen atoms in total. The first-order valence-electron chi connectivity index (χ1n) is 11.6. The van der Waals surface area contributed by atoms with E-state index in [0.717, 1.165) is 29.1 Å². The SMILES string of the molecule is Cc1ccc(C(=O)c2nn(-c3ccc(Cl)cc3)c(NCCCNCc3ccccc3Cl)c2C#N)cc1. The van der Waals surface area contributed by atoms with Gasteiger partial charge in [-0.3, -0.25) is 4.79 Å². The minimum absolute atomic E-state index is 0.107. The standard InChI is InChI=1S/C28H25Cl2N5O/c1-19-7-9-20(10-8-19)27(36)26-24(17-31)28(35(34-26)23-13-11-22(29)12-14-23)33-16-4-15-32-18-21-5-2-3-6-25(21)30/h2-3,5-14,32-33H,4,15-16,18H2,1H3. The smallest absolute Gasteiger partial charge is 0.214 e. The van der Waals surface area contributed by atoms with Gasteiger partial charge in [0, 0.05) is 28.7 Å². The highest BCUT2D eigenvalue weighted by Crippen LogP contribution is 2.26. The van der Waals surface area contributed by atoms with E-state index in [9.17, 15) is 10.1 Å². The van der Waals surface area contributed by atoms with Gasteiger partial charge in [-0.2, -0.15) is 10.4 Å². The van der Waals surface area contributed by atoms with Crippen LogP contribution < -0.4 is 10.6 Å². The second-order valence-electron chi connectivity index (χ2n) is 8.32. The number of carbonyl (C=O) groups excluding carboxylic acids is 1. The summed E-state index contributed by atoms with van der Waals surface area (Å²) in [4.78, 5) is 13.3. The molecule has 0 atom stereocenters. The zero-order valence-corrected chi connectivity index (χ0v) is 21.3. The monoisotopic (exact) mass is 517 g/mol. The van der Waals surface area contributed by atoms with Gasteiger partial charge in [-0.05, 0) is 55.8 Å². The van der Waals surface area contributed by atoms with Crippen molar-refractivity contribution >= 4 is 34.8 Å². The van der Waals surface area contributed by atoms with Crippen molar-refractivity contribution in [2.75, 3.05) is 18.4 Å². The molecule has 3 aromatic carbocycles. The van der Waals surface area contributed by atoms with E-state index < -0.39 is 0 Å². The zero-order chi connectivity index (χ0) is 25.5. The normalized spacial score (nSPS) is 10.7. The van der Waals surface area contributed by atoms with E-state index in [4.69, 9.17) is 23.2 Å². The Bertz CT molecular complexity index is 1390. The summed E-state index contributed by atoms with van der Waals surface area (Å²) in [6.45, 7) is 3.93. The molecule has 1 heterocycles. The number of aryl methyl sites for hydroxylation is 1. The number of ketones is 1. The molecule has 0 spiro atoms. The van der Waals surface area contributed by atoms with Crippen LogP contribution in [0.15, 0.2) is 72.8 Å². The molecule has 0 fully saturated rings. The number of nitriles is 1. The van der Waals surface area contributed by atoms with Crippen molar-refractivity contribution in [2.24, 2.45) is 0 Å². The number of rotatable bonds is 10. The van der Waals surface area contributed by atoms with Crippen LogP contribution in [0.4, 0.5) is 5.82 Å². The van der Waals surface area contributed by atoms with Crippen molar-refractivity contribution in [3.05, 3.63) is 111 Å². The maximum atomic E-state index is 13.3. The fraction of sp³-hybridized carbons (Fsp3) is 0.179. The Morgan fingerprint density at radius 2 is 1.72 bits per heavy atom. The third-order valence-corrected chi connectivity index (χ3v) is 6.31. The summed E-state index contributed by atoms with van der Waals surface area (Å²) < 4.78 is 1.59. The van der Waals surface area contributed by atoms with E-state index in [1.165, 1.54) is 0 Å². The van der Waals surface area contributed by atoms with Crippen LogP contribution in [0, 0.1) is 18.3 Å². The summed E-state index contributed by atoms with van der Waals surface area (Å²) in [7, 11) is 0. The van der Waals surface area contributed by atoms with Gasteiger partial charge >= 0.3 is 0 Å². The summed E-state index contributed by atoms with van der Waals surface area (Å²) in [6.07, 6.45) is 0.780. The Kier molecular flexibility index (Phi) is 8.40. The lowest BCUT2D eigenvalue weighted by molar-refractivity contribution is 0.103. The fourth-order valence-electron chi connectivity index (χ4n) is 3.74. The van der Waals surface area contributed by atoms with E-state index in [1.54, 1.807) is 41.1 Å². The van der Waals surface area contributed by atoms with Crippen LogP contribution in [0.25, 0.3) is 5.69 Å². The van der Waals surface area contributed by atoms with Gasteiger partial charge in [-0.1, -0.05) is 71.2 Å². The predicted octanol–water partition coefficient (Wildman–Crippen LogP) is 6.18. The molecule has 36 heavy (non-hydrogen) atoms. The van der Waals surface area contributed by atoms with Gasteiger partial charge in [0.2, 0.25) is 5.78 Å². The Balaban J connectivity index is 1.53. The van der Waals surface area contributed by atoms with Crippen molar-refractivity contribution in [3.8, 4) is 11.8 Å². The minimum Gasteiger partial charge on any atom is -0.369 e. The Labute approximate surface area is 220 Å². The van der Waals surface area contributed by atoms with Gasteiger partial charge < -0.3 is 10.6 Å². The number of hydrogen-bond acceptors (Lipinski definition) is 5. The summed E-state index contributed by atoms with van der Waals surface area (Å²) in [5.74, 6) is 0.171. The Hall–Kier alpha value is -3.63. The van der Waals surface area contributed by atoms with Crippen LogP contribution >= 0.6 is 23.2 Å². The summed E-state index contributed by atoms with van der Waals surface area (Å²) in [5, 5.41) is 22.6. The molecule has 1 aromatic heterocycles. The van der Waals surface area contributed by atoms with Gasteiger partial charge in [-0.15, -0.1) is 0 Å². The largest absolute Gasteiger partial charge is 0.369 e. The van der Waals surface area contributed by atoms with Crippen molar-refractivity contribution in [2.45, 2.75) is 19.9 Å². The highest BCUT2D eigenvalue weighted by molar-refractivity contribution is 6.31. The molecule has 4 rings (SSSR count). The van der Waals surface area contributed by atoms with Crippen molar-refractivity contribution in [1.82, 2.24) is 15.1 Å². The zero-order valence-electron chi connectivity index (χ0n) is 19.8. The minimum atomic E-state index is -0.302. The molecule has 182 valence electrons. The highest BCUT2D eigenvalue weighted by Gasteiger charge is 2.25. The number of nitrogens with one attached hydrogen (secondary N) is 2. The topological polar surface area (TPSA) is 82.7 Å². The van der Waals surface area contributed by atoms with Gasteiger partial charge in [0.25, 0.3) is 0 Å². The summed E-state index contributed by atoms with van der Waals surface area (Å²) >= 11 is 12.3. The second kappa shape index (κ2) is 11.9. The molecule has 2 N–H and O–H groups in total. The number of aromatic nitrogens is 2. The first-order valence-corrected chi connectivity index (χ1v) is 12.3. The molecule has 0 aliphatic rings. The van der Waals surface area contributed by atoms with Crippen LogP contribution in [0.5, 0.6) is 0 Å². The number of halogens is 2. The molecule has 0 bridgehead atoms. The summed E-state index contributed by atoms with van der Waals surface area (Å²) in [6, 6.07) is 24.2. The average Bonchev–Trinajstić information content (AvgIpc) is 3.26. The van der Waals surface area contributed by atoms with Crippen LogP contribution in [0.1, 0.15) is 39.2 Å². The third-order valence-electron chi connectivity index (χ3n) is 5.69. The average molecular weight is 518 g/mol. The molecule has 0 aliphatic heterocycles. The molecular weight excluding hydrogens is 493 g/mol. The quantitative estimate of drug-likeness (QED) is 0.194. The number of hydrogen-bond donors (Lipinski definition) is 2. The van der Waals surface area contributed by atoms with Crippen molar-refractivity contribution in [1.29, 1.82) is 5.26 Å². The fourth-order valence-corrected chi connectivity index (χ4v) is 4.07. The molecule has 0 unspecified atom stereocenters. The number of nitrogens with zero attached hydrogens (tertiary/aromatic N) is 3. The van der Waals surface area contributed by atoms with E-state index in [1.807, 2.05) is 43.3 Å². The van der Waals surface area contributed by atoms with Crippen molar-refractivity contribution < 1.29 is 4.79 Å². The molecule has 0 saturated carbocycles. The third kappa shape index (κ3) is 5.95. The summed E-state index contributed by atoms with van der Waals surface area (Å²) in [5.41, 5.74) is 3.57. The number of benzene rings is 3. The van der Waals surface area contributed by atoms with Gasteiger partial charge in [0.05, 0.1) is 5.69 Å².